The first kappa shape index (κ1) is 10.8. The molecule has 0 atom stereocenters. The predicted molar refractivity (Wildman–Crippen MR) is 61.5 cm³/mol. The van der Waals surface area contributed by atoms with Gasteiger partial charge in [0.15, 0.2) is 0 Å². The number of aromatic nitrogens is 2. The summed E-state index contributed by atoms with van der Waals surface area (Å²) in [6.45, 7) is 2.29. The van der Waals surface area contributed by atoms with Gasteiger partial charge in [-0.25, -0.2) is 9.37 Å². The van der Waals surface area contributed by atoms with Crippen LogP contribution in [0.15, 0.2) is 24.4 Å². The summed E-state index contributed by atoms with van der Waals surface area (Å²) in [5.41, 5.74) is 7.70. The van der Waals surface area contributed by atoms with Crippen LogP contribution in [-0.2, 0) is 6.42 Å². The zero-order valence-corrected chi connectivity index (χ0v) is 9.13. The molecule has 4 heteroatoms. The van der Waals surface area contributed by atoms with Crippen molar-refractivity contribution in [1.82, 2.24) is 9.97 Å². The average Bonchev–Trinajstić information content (AvgIpc) is 2.71. The Kier molecular flexibility index (Phi) is 3.01. The molecule has 0 saturated carbocycles. The molecule has 0 aliphatic rings. The van der Waals surface area contributed by atoms with Crippen molar-refractivity contribution in [3.63, 3.8) is 0 Å². The number of aryl methyl sites for hydroxylation is 1. The molecule has 0 bridgehead atoms. The number of halogens is 1. The van der Waals surface area contributed by atoms with Crippen LogP contribution in [0.5, 0.6) is 0 Å². The van der Waals surface area contributed by atoms with E-state index in [0.29, 0.717) is 18.5 Å². The molecular weight excluding hydrogens is 205 g/mol. The lowest BCUT2D eigenvalue weighted by Crippen LogP contribution is -2.03. The summed E-state index contributed by atoms with van der Waals surface area (Å²) < 4.78 is 13.4. The van der Waals surface area contributed by atoms with Gasteiger partial charge in [-0.15, -0.1) is 0 Å². The van der Waals surface area contributed by atoms with Crippen molar-refractivity contribution in [2.45, 2.75) is 13.3 Å². The number of nitrogens with two attached hydrogens (primary N) is 1. The normalized spacial score (nSPS) is 10.7. The summed E-state index contributed by atoms with van der Waals surface area (Å²) in [7, 11) is 0. The quantitative estimate of drug-likeness (QED) is 0.829. The maximum atomic E-state index is 13.4. The number of nitrogens with one attached hydrogen (secondary N) is 1. The van der Waals surface area contributed by atoms with Crippen molar-refractivity contribution in [3.8, 4) is 11.3 Å². The molecule has 0 amide bonds. The van der Waals surface area contributed by atoms with E-state index in [1.807, 2.05) is 6.07 Å². The fourth-order valence-electron chi connectivity index (χ4n) is 1.53. The Hall–Kier alpha value is -1.68. The highest BCUT2D eigenvalue weighted by Gasteiger charge is 2.05. The Morgan fingerprint density at radius 2 is 2.25 bits per heavy atom. The molecule has 2 rings (SSSR count). The number of H-pyrrole nitrogens is 1. The first-order valence-electron chi connectivity index (χ1n) is 5.21. The number of hydrogen-bond acceptors (Lipinski definition) is 2. The Morgan fingerprint density at radius 3 is 2.94 bits per heavy atom. The van der Waals surface area contributed by atoms with Crippen LogP contribution in [0.3, 0.4) is 0 Å². The molecule has 0 spiro atoms. The highest BCUT2D eigenvalue weighted by atomic mass is 19.1. The van der Waals surface area contributed by atoms with Gasteiger partial charge >= 0.3 is 0 Å². The number of rotatable bonds is 3. The first-order chi connectivity index (χ1) is 7.70. The van der Waals surface area contributed by atoms with Gasteiger partial charge < -0.3 is 10.7 Å². The van der Waals surface area contributed by atoms with E-state index in [-0.39, 0.29) is 5.82 Å². The second-order valence-electron chi connectivity index (χ2n) is 3.75. The summed E-state index contributed by atoms with van der Waals surface area (Å²) in [6, 6.07) is 5.14. The van der Waals surface area contributed by atoms with Crippen molar-refractivity contribution >= 4 is 0 Å². The first-order valence-corrected chi connectivity index (χ1v) is 5.21. The van der Waals surface area contributed by atoms with Gasteiger partial charge in [0.1, 0.15) is 11.6 Å². The molecule has 0 saturated heterocycles. The minimum atomic E-state index is -0.201. The summed E-state index contributed by atoms with van der Waals surface area (Å²) in [6.07, 6.45) is 2.41. The van der Waals surface area contributed by atoms with Gasteiger partial charge in [0.25, 0.3) is 0 Å². The zero-order valence-electron chi connectivity index (χ0n) is 9.13. The monoisotopic (exact) mass is 219 g/mol. The maximum absolute atomic E-state index is 13.4. The van der Waals surface area contributed by atoms with Crippen molar-refractivity contribution in [2.24, 2.45) is 5.73 Å². The summed E-state index contributed by atoms with van der Waals surface area (Å²) in [4.78, 5) is 7.30. The molecule has 0 radical (unpaired) electrons. The van der Waals surface area contributed by atoms with Gasteiger partial charge in [0.2, 0.25) is 0 Å². The maximum Gasteiger partial charge on any atom is 0.126 e. The van der Waals surface area contributed by atoms with E-state index in [0.717, 1.165) is 17.1 Å². The number of hydrogen-bond donors (Lipinski definition) is 2. The third-order valence-electron chi connectivity index (χ3n) is 2.49. The van der Waals surface area contributed by atoms with Crippen molar-refractivity contribution in [2.75, 3.05) is 6.54 Å². The van der Waals surface area contributed by atoms with Crippen LogP contribution in [-0.4, -0.2) is 16.5 Å². The lowest BCUT2D eigenvalue weighted by molar-refractivity contribution is 0.619. The lowest BCUT2D eigenvalue weighted by Gasteiger charge is -2.00. The Morgan fingerprint density at radius 1 is 1.44 bits per heavy atom. The van der Waals surface area contributed by atoms with Crippen LogP contribution in [0.4, 0.5) is 4.39 Å². The molecule has 0 aliphatic carbocycles. The van der Waals surface area contributed by atoms with E-state index in [9.17, 15) is 4.39 Å². The fraction of sp³-hybridized carbons (Fsp3) is 0.250. The molecule has 0 aliphatic heterocycles. The van der Waals surface area contributed by atoms with E-state index in [1.54, 1.807) is 19.2 Å². The zero-order chi connectivity index (χ0) is 11.5. The molecule has 2 aromatic rings. The van der Waals surface area contributed by atoms with Gasteiger partial charge in [-0.2, -0.15) is 0 Å². The highest BCUT2D eigenvalue weighted by molar-refractivity contribution is 5.59. The van der Waals surface area contributed by atoms with Gasteiger partial charge in [-0.05, 0) is 25.1 Å². The van der Waals surface area contributed by atoms with Crippen molar-refractivity contribution in [1.29, 1.82) is 0 Å². The molecule has 84 valence electrons. The third-order valence-corrected chi connectivity index (χ3v) is 2.49. The van der Waals surface area contributed by atoms with Gasteiger partial charge in [0.05, 0.1) is 11.9 Å². The van der Waals surface area contributed by atoms with Crippen LogP contribution in [0.25, 0.3) is 11.3 Å². The Balaban J connectivity index is 2.31. The van der Waals surface area contributed by atoms with Crippen LogP contribution in [0.1, 0.15) is 11.4 Å². The van der Waals surface area contributed by atoms with E-state index in [4.69, 9.17) is 5.73 Å². The van der Waals surface area contributed by atoms with Crippen LogP contribution in [0, 0.1) is 12.7 Å². The lowest BCUT2D eigenvalue weighted by atomic mass is 10.1. The molecule has 0 unspecified atom stereocenters. The van der Waals surface area contributed by atoms with Gasteiger partial charge in [0, 0.05) is 12.0 Å². The minimum Gasteiger partial charge on any atom is -0.342 e. The van der Waals surface area contributed by atoms with Gasteiger partial charge in [-0.3, -0.25) is 0 Å². The number of imidazole rings is 1. The molecule has 3 N–H and O–H groups in total. The summed E-state index contributed by atoms with van der Waals surface area (Å²) in [5.74, 6) is 0.631. The fourth-order valence-corrected chi connectivity index (χ4v) is 1.53. The molecular formula is C12H14FN3. The largest absolute Gasteiger partial charge is 0.342 e. The number of benzene rings is 1. The standard InChI is InChI=1S/C12H14FN3/c1-8-2-3-9(6-10(8)13)11-7-15-12(16-11)4-5-14/h2-3,6-7H,4-5,14H2,1H3,(H,15,16). The molecule has 16 heavy (non-hydrogen) atoms. The second-order valence-corrected chi connectivity index (χ2v) is 3.75. The second kappa shape index (κ2) is 4.45. The highest BCUT2D eigenvalue weighted by Crippen LogP contribution is 2.19. The number of nitrogens with zero attached hydrogens (tertiary/aromatic N) is 1. The molecule has 1 aromatic heterocycles. The topological polar surface area (TPSA) is 54.7 Å². The molecule has 0 fully saturated rings. The number of aromatic amines is 1. The van der Waals surface area contributed by atoms with Crippen LogP contribution >= 0.6 is 0 Å². The molecule has 3 nitrogen and oxygen atoms in total. The minimum absolute atomic E-state index is 0.201. The van der Waals surface area contributed by atoms with E-state index in [2.05, 4.69) is 9.97 Å². The van der Waals surface area contributed by atoms with E-state index < -0.39 is 0 Å². The van der Waals surface area contributed by atoms with Gasteiger partial charge in [-0.1, -0.05) is 12.1 Å². The SMILES string of the molecule is Cc1ccc(-c2cnc(CCN)[nH]2)cc1F. The predicted octanol–water partition coefficient (Wildman–Crippen LogP) is 2.03. The summed E-state index contributed by atoms with van der Waals surface area (Å²) >= 11 is 0. The van der Waals surface area contributed by atoms with Crippen molar-refractivity contribution in [3.05, 3.63) is 41.6 Å². The molecule has 1 heterocycles. The Labute approximate surface area is 93.5 Å². The summed E-state index contributed by atoms with van der Waals surface area (Å²) in [5, 5.41) is 0. The average molecular weight is 219 g/mol. The van der Waals surface area contributed by atoms with Crippen molar-refractivity contribution < 1.29 is 4.39 Å². The third kappa shape index (κ3) is 2.12. The van der Waals surface area contributed by atoms with Crippen LogP contribution in [0.2, 0.25) is 0 Å². The van der Waals surface area contributed by atoms with E-state index in [1.165, 1.54) is 6.07 Å². The van der Waals surface area contributed by atoms with E-state index >= 15 is 0 Å². The molecule has 1 aromatic carbocycles. The van der Waals surface area contributed by atoms with Crippen LogP contribution < -0.4 is 5.73 Å². The Bertz CT molecular complexity index is 491. The smallest absolute Gasteiger partial charge is 0.126 e.